The first-order valence-corrected chi connectivity index (χ1v) is 9.43. The number of carbonyl (C=O) groups is 2. The van der Waals surface area contributed by atoms with Crippen molar-refractivity contribution in [2.24, 2.45) is 5.92 Å². The molecule has 0 aromatic heterocycles. The maximum atomic E-state index is 14.2. The molecule has 0 spiro atoms. The van der Waals surface area contributed by atoms with E-state index in [2.05, 4.69) is 27.1 Å². The summed E-state index contributed by atoms with van der Waals surface area (Å²) in [6.45, 7) is 3.98. The van der Waals surface area contributed by atoms with Crippen molar-refractivity contribution in [2.75, 3.05) is 25.5 Å². The van der Waals surface area contributed by atoms with Crippen molar-refractivity contribution in [3.63, 3.8) is 0 Å². The van der Waals surface area contributed by atoms with Gasteiger partial charge in [-0.3, -0.25) is 9.69 Å². The predicted molar refractivity (Wildman–Crippen MR) is 106 cm³/mol. The maximum absolute atomic E-state index is 14.2. The van der Waals surface area contributed by atoms with Crippen LogP contribution in [0.25, 0.3) is 0 Å². The minimum Gasteiger partial charge on any atom is -0.465 e. The number of benzene rings is 2. The highest BCUT2D eigenvalue weighted by Crippen LogP contribution is 2.24. The van der Waals surface area contributed by atoms with Crippen LogP contribution in [0.1, 0.15) is 34.3 Å². The molecular weight excluding hydrogens is 359 g/mol. The molecule has 0 bridgehead atoms. The van der Waals surface area contributed by atoms with E-state index in [1.165, 1.54) is 18.7 Å². The van der Waals surface area contributed by atoms with E-state index in [0.29, 0.717) is 17.8 Å². The molecule has 2 aromatic rings. The number of anilines is 1. The van der Waals surface area contributed by atoms with E-state index in [0.717, 1.165) is 32.0 Å². The second-order valence-corrected chi connectivity index (χ2v) is 7.17. The number of hydrogen-bond donors (Lipinski definition) is 1. The first-order valence-electron chi connectivity index (χ1n) is 9.43. The number of carbonyl (C=O) groups excluding carboxylic acids is 2. The highest BCUT2D eigenvalue weighted by Gasteiger charge is 2.26. The van der Waals surface area contributed by atoms with Crippen LogP contribution in [-0.4, -0.2) is 37.0 Å². The molecule has 1 saturated heterocycles. The summed E-state index contributed by atoms with van der Waals surface area (Å²) >= 11 is 0. The van der Waals surface area contributed by atoms with Crippen LogP contribution in [0.3, 0.4) is 0 Å². The fraction of sp³-hybridized carbons (Fsp3) is 0.364. The van der Waals surface area contributed by atoms with Crippen molar-refractivity contribution >= 4 is 17.6 Å². The molecule has 1 atom stereocenters. The summed E-state index contributed by atoms with van der Waals surface area (Å²) in [6.07, 6.45) is 1.72. The number of rotatable bonds is 5. The second kappa shape index (κ2) is 8.97. The lowest BCUT2D eigenvalue weighted by Gasteiger charge is -2.32. The Morgan fingerprint density at radius 3 is 2.71 bits per heavy atom. The molecule has 0 aliphatic carbocycles. The molecule has 1 aliphatic heterocycles. The summed E-state index contributed by atoms with van der Waals surface area (Å²) in [5.74, 6) is -1.52. The summed E-state index contributed by atoms with van der Waals surface area (Å²) < 4.78 is 18.8. The average molecular weight is 384 g/mol. The Morgan fingerprint density at radius 2 is 2.00 bits per heavy atom. The molecule has 148 valence electrons. The monoisotopic (exact) mass is 384 g/mol. The molecule has 1 fully saturated rings. The third kappa shape index (κ3) is 4.75. The van der Waals surface area contributed by atoms with Gasteiger partial charge in [-0.1, -0.05) is 30.3 Å². The summed E-state index contributed by atoms with van der Waals surface area (Å²) in [5, 5.41) is 2.81. The van der Waals surface area contributed by atoms with Gasteiger partial charge in [0.15, 0.2) is 0 Å². The molecule has 1 N–H and O–H groups in total. The van der Waals surface area contributed by atoms with Gasteiger partial charge in [-0.2, -0.15) is 0 Å². The molecule has 0 saturated carbocycles. The number of methoxy groups -OCH3 is 1. The van der Waals surface area contributed by atoms with Gasteiger partial charge >= 0.3 is 5.97 Å². The number of halogens is 1. The number of nitrogens with one attached hydrogen (secondary N) is 1. The van der Waals surface area contributed by atoms with Crippen LogP contribution in [0.5, 0.6) is 0 Å². The van der Waals surface area contributed by atoms with E-state index in [1.54, 1.807) is 6.92 Å². The number of nitrogens with zero attached hydrogens (tertiary/aromatic N) is 1. The zero-order valence-corrected chi connectivity index (χ0v) is 16.2. The standard InChI is InChI=1S/C22H25FN2O3/c1-15-19(23)11-18(22(27)28-2)12-20(15)24-21(26)17-9-6-10-25(14-17)13-16-7-4-3-5-8-16/h3-5,7-8,11-12,17H,6,9-10,13-14H2,1-2H3,(H,24,26). The lowest BCUT2D eigenvalue weighted by molar-refractivity contribution is -0.121. The number of esters is 1. The minimum atomic E-state index is -0.638. The average Bonchev–Trinajstić information content (AvgIpc) is 2.71. The van der Waals surface area contributed by atoms with Crippen molar-refractivity contribution < 1.29 is 18.7 Å². The number of piperidine rings is 1. The third-order valence-corrected chi connectivity index (χ3v) is 5.15. The maximum Gasteiger partial charge on any atom is 0.338 e. The van der Waals surface area contributed by atoms with Crippen molar-refractivity contribution in [1.82, 2.24) is 4.90 Å². The fourth-order valence-electron chi connectivity index (χ4n) is 3.53. The van der Waals surface area contributed by atoms with Gasteiger partial charge in [0, 0.05) is 24.3 Å². The van der Waals surface area contributed by atoms with E-state index >= 15 is 0 Å². The van der Waals surface area contributed by atoms with E-state index in [4.69, 9.17) is 0 Å². The van der Waals surface area contributed by atoms with E-state index < -0.39 is 11.8 Å². The number of hydrogen-bond acceptors (Lipinski definition) is 4. The molecule has 1 amide bonds. The summed E-state index contributed by atoms with van der Waals surface area (Å²) in [4.78, 5) is 26.8. The van der Waals surface area contributed by atoms with Crippen LogP contribution in [0.2, 0.25) is 0 Å². The predicted octanol–water partition coefficient (Wildman–Crippen LogP) is 3.77. The molecule has 28 heavy (non-hydrogen) atoms. The van der Waals surface area contributed by atoms with Crippen LogP contribution in [0.15, 0.2) is 42.5 Å². The fourth-order valence-corrected chi connectivity index (χ4v) is 3.53. The van der Waals surface area contributed by atoms with Crippen molar-refractivity contribution in [3.8, 4) is 0 Å². The quantitative estimate of drug-likeness (QED) is 0.798. The third-order valence-electron chi connectivity index (χ3n) is 5.15. The second-order valence-electron chi connectivity index (χ2n) is 7.17. The Bertz CT molecular complexity index is 854. The highest BCUT2D eigenvalue weighted by molar-refractivity contribution is 5.96. The van der Waals surface area contributed by atoms with Gasteiger partial charge in [-0.05, 0) is 44.0 Å². The Balaban J connectivity index is 1.69. The van der Waals surface area contributed by atoms with Crippen LogP contribution in [0, 0.1) is 18.7 Å². The van der Waals surface area contributed by atoms with Gasteiger partial charge < -0.3 is 10.1 Å². The Labute approximate surface area is 164 Å². The molecule has 6 heteroatoms. The van der Waals surface area contributed by atoms with Gasteiger partial charge in [0.1, 0.15) is 5.82 Å². The topological polar surface area (TPSA) is 58.6 Å². The summed E-state index contributed by atoms with van der Waals surface area (Å²) in [5.41, 5.74) is 1.91. The first-order chi connectivity index (χ1) is 13.5. The molecule has 1 unspecified atom stereocenters. The summed E-state index contributed by atoms with van der Waals surface area (Å²) in [7, 11) is 1.24. The van der Waals surface area contributed by atoms with Gasteiger partial charge in [0.05, 0.1) is 18.6 Å². The Kier molecular flexibility index (Phi) is 6.41. The van der Waals surface area contributed by atoms with E-state index in [1.807, 2.05) is 18.2 Å². The number of ether oxygens (including phenoxy) is 1. The van der Waals surface area contributed by atoms with Gasteiger partial charge in [0.2, 0.25) is 5.91 Å². The molecule has 1 aliphatic rings. The van der Waals surface area contributed by atoms with Crippen LogP contribution >= 0.6 is 0 Å². The molecule has 2 aromatic carbocycles. The largest absolute Gasteiger partial charge is 0.465 e. The van der Waals surface area contributed by atoms with Crippen molar-refractivity contribution in [3.05, 3.63) is 65.0 Å². The van der Waals surface area contributed by atoms with E-state index in [-0.39, 0.29) is 17.4 Å². The highest BCUT2D eigenvalue weighted by atomic mass is 19.1. The molecule has 3 rings (SSSR count). The minimum absolute atomic E-state index is 0.0789. The first kappa shape index (κ1) is 20.0. The zero-order valence-electron chi connectivity index (χ0n) is 16.2. The van der Waals surface area contributed by atoms with Crippen LogP contribution in [-0.2, 0) is 16.1 Å². The lowest BCUT2D eigenvalue weighted by atomic mass is 9.96. The molecule has 1 heterocycles. The number of likely N-dealkylation sites (tertiary alicyclic amines) is 1. The zero-order chi connectivity index (χ0) is 20.1. The molecular formula is C22H25FN2O3. The van der Waals surface area contributed by atoms with Crippen LogP contribution < -0.4 is 5.32 Å². The lowest BCUT2D eigenvalue weighted by Crippen LogP contribution is -2.40. The SMILES string of the molecule is COC(=O)c1cc(F)c(C)c(NC(=O)C2CCCN(Cc3ccccc3)C2)c1. The van der Waals surface area contributed by atoms with Crippen molar-refractivity contribution in [1.29, 1.82) is 0 Å². The molecule has 0 radical (unpaired) electrons. The van der Waals surface area contributed by atoms with Gasteiger partial charge in [-0.15, -0.1) is 0 Å². The molecule has 5 nitrogen and oxygen atoms in total. The van der Waals surface area contributed by atoms with Gasteiger partial charge in [-0.25, -0.2) is 9.18 Å². The van der Waals surface area contributed by atoms with Gasteiger partial charge in [0.25, 0.3) is 0 Å². The Hall–Kier alpha value is -2.73. The smallest absolute Gasteiger partial charge is 0.338 e. The Morgan fingerprint density at radius 1 is 1.25 bits per heavy atom. The normalized spacial score (nSPS) is 17.2. The van der Waals surface area contributed by atoms with Crippen LogP contribution in [0.4, 0.5) is 10.1 Å². The number of amides is 1. The van der Waals surface area contributed by atoms with E-state index in [9.17, 15) is 14.0 Å². The van der Waals surface area contributed by atoms with Crippen molar-refractivity contribution in [2.45, 2.75) is 26.3 Å². The summed E-state index contributed by atoms with van der Waals surface area (Å²) in [6, 6.07) is 12.7.